The van der Waals surface area contributed by atoms with Crippen LogP contribution in [-0.2, 0) is 16.6 Å². The third-order valence-corrected chi connectivity index (χ3v) is 6.09. The molecule has 0 bridgehead atoms. The maximum atomic E-state index is 12.2. The lowest BCUT2D eigenvalue weighted by molar-refractivity contribution is 0.304. The summed E-state index contributed by atoms with van der Waals surface area (Å²) < 4.78 is 31.0. The number of sulfonamides is 1. The fourth-order valence-corrected chi connectivity index (χ4v) is 3.82. The molecule has 0 amide bonds. The lowest BCUT2D eigenvalue weighted by atomic mass is 10.2. The fourth-order valence-electron chi connectivity index (χ4n) is 2.40. The predicted octanol–water partition coefficient (Wildman–Crippen LogP) is 5.30. The van der Waals surface area contributed by atoms with Crippen LogP contribution in [0.2, 0.25) is 5.02 Å². The van der Waals surface area contributed by atoms with Gasteiger partial charge in [-0.25, -0.2) is 4.83 Å². The van der Waals surface area contributed by atoms with Crippen molar-refractivity contribution in [3.8, 4) is 5.75 Å². The summed E-state index contributed by atoms with van der Waals surface area (Å²) in [5.74, 6) is 0.664. The number of nitrogens with zero attached hydrogens (tertiary/aromatic N) is 1. The first-order valence-corrected chi connectivity index (χ1v) is 11.3. The maximum Gasteiger partial charge on any atom is 0.276 e. The van der Waals surface area contributed by atoms with Gasteiger partial charge in [0.25, 0.3) is 10.0 Å². The van der Waals surface area contributed by atoms with Crippen LogP contribution in [0.25, 0.3) is 0 Å². The van der Waals surface area contributed by atoms with Gasteiger partial charge in [-0.1, -0.05) is 41.4 Å². The summed E-state index contributed by atoms with van der Waals surface area (Å²) in [7, 11) is -3.70. The largest absolute Gasteiger partial charge is 0.488 e. The van der Waals surface area contributed by atoms with Gasteiger partial charge in [0, 0.05) is 5.02 Å². The van der Waals surface area contributed by atoms with Crippen LogP contribution >= 0.6 is 27.5 Å². The number of aryl methyl sites for hydroxylation is 1. The molecule has 0 saturated carbocycles. The summed E-state index contributed by atoms with van der Waals surface area (Å²) in [6.45, 7) is 2.29. The highest BCUT2D eigenvalue weighted by molar-refractivity contribution is 9.10. The molecule has 3 aromatic carbocycles. The molecule has 0 unspecified atom stereocenters. The molecule has 3 aromatic rings. The summed E-state index contributed by atoms with van der Waals surface area (Å²) in [5.41, 5.74) is 2.69. The van der Waals surface area contributed by atoms with Gasteiger partial charge in [0.15, 0.2) is 0 Å². The number of hydrogen-bond donors (Lipinski definition) is 1. The molecule has 0 aliphatic rings. The summed E-state index contributed by atoms with van der Waals surface area (Å²) in [6, 6.07) is 19.3. The number of rotatable bonds is 7. The average molecular weight is 494 g/mol. The summed E-state index contributed by atoms with van der Waals surface area (Å²) in [4.78, 5) is 2.37. The van der Waals surface area contributed by atoms with Crippen molar-refractivity contribution in [2.24, 2.45) is 5.10 Å². The Morgan fingerprint density at radius 2 is 1.76 bits per heavy atom. The van der Waals surface area contributed by atoms with Crippen LogP contribution in [0.1, 0.15) is 16.7 Å². The van der Waals surface area contributed by atoms with E-state index in [4.69, 9.17) is 16.3 Å². The molecule has 0 fully saturated rings. The van der Waals surface area contributed by atoms with Crippen LogP contribution in [0.15, 0.2) is 81.2 Å². The Morgan fingerprint density at radius 3 is 2.41 bits per heavy atom. The lowest BCUT2D eigenvalue weighted by Gasteiger charge is -2.09. The molecular formula is C21H18BrClN2O3S. The Morgan fingerprint density at radius 1 is 1.07 bits per heavy atom. The van der Waals surface area contributed by atoms with E-state index in [0.29, 0.717) is 22.9 Å². The molecule has 0 aromatic heterocycles. The van der Waals surface area contributed by atoms with Crippen molar-refractivity contribution in [2.75, 3.05) is 0 Å². The minimum atomic E-state index is -3.70. The SMILES string of the molecule is Cc1ccc(S(=O)(=O)N/N=C\c2ccc(OCc3ccc(Cl)cc3)c(Br)c2)cc1. The first-order chi connectivity index (χ1) is 13.8. The highest BCUT2D eigenvalue weighted by atomic mass is 79.9. The molecule has 150 valence electrons. The molecule has 29 heavy (non-hydrogen) atoms. The van der Waals surface area contributed by atoms with E-state index in [1.54, 1.807) is 30.3 Å². The molecule has 3 rings (SSSR count). The van der Waals surface area contributed by atoms with E-state index in [1.165, 1.54) is 18.3 Å². The average Bonchev–Trinajstić information content (AvgIpc) is 2.69. The molecular weight excluding hydrogens is 476 g/mol. The van der Waals surface area contributed by atoms with Crippen LogP contribution < -0.4 is 9.57 Å². The Balaban J connectivity index is 1.62. The molecule has 0 spiro atoms. The first kappa shape index (κ1) is 21.4. The van der Waals surface area contributed by atoms with Crippen LogP contribution in [0, 0.1) is 6.92 Å². The van der Waals surface area contributed by atoms with Crippen molar-refractivity contribution < 1.29 is 13.2 Å². The van der Waals surface area contributed by atoms with E-state index in [0.717, 1.165) is 15.6 Å². The topological polar surface area (TPSA) is 67.8 Å². The van der Waals surface area contributed by atoms with Crippen LogP contribution in [0.5, 0.6) is 5.75 Å². The third kappa shape index (κ3) is 6.06. The zero-order chi connectivity index (χ0) is 20.9. The molecule has 5 nitrogen and oxygen atoms in total. The van der Waals surface area contributed by atoms with Crippen molar-refractivity contribution in [1.82, 2.24) is 4.83 Å². The Hall–Kier alpha value is -2.35. The Labute approximate surface area is 183 Å². The minimum Gasteiger partial charge on any atom is -0.488 e. The molecule has 0 saturated heterocycles. The van der Waals surface area contributed by atoms with Crippen molar-refractivity contribution in [3.63, 3.8) is 0 Å². The fraction of sp³-hybridized carbons (Fsp3) is 0.0952. The standard InChI is InChI=1S/C21H18BrClN2O3S/c1-15-2-9-19(10-3-15)29(26,27)25-24-13-17-6-11-21(20(22)12-17)28-14-16-4-7-18(23)8-5-16/h2-13,25H,14H2,1H3/b24-13-. The van der Waals surface area contributed by atoms with E-state index in [2.05, 4.69) is 25.9 Å². The normalized spacial score (nSPS) is 11.6. The second kappa shape index (κ2) is 9.43. The second-order valence-corrected chi connectivity index (χ2v) is 9.22. The zero-order valence-electron chi connectivity index (χ0n) is 15.5. The monoisotopic (exact) mass is 492 g/mol. The van der Waals surface area contributed by atoms with E-state index in [-0.39, 0.29) is 4.90 Å². The number of benzene rings is 3. The number of nitrogens with one attached hydrogen (secondary N) is 1. The second-order valence-electron chi connectivity index (χ2n) is 6.27. The zero-order valence-corrected chi connectivity index (χ0v) is 18.6. The maximum absolute atomic E-state index is 12.2. The molecule has 0 heterocycles. The minimum absolute atomic E-state index is 0.160. The molecule has 0 radical (unpaired) electrons. The van der Waals surface area contributed by atoms with Gasteiger partial charge in [-0.2, -0.15) is 13.5 Å². The van der Waals surface area contributed by atoms with Gasteiger partial charge in [0.1, 0.15) is 12.4 Å². The highest BCUT2D eigenvalue weighted by Gasteiger charge is 2.11. The smallest absolute Gasteiger partial charge is 0.276 e. The number of ether oxygens (including phenoxy) is 1. The van der Waals surface area contributed by atoms with Crippen molar-refractivity contribution in [2.45, 2.75) is 18.4 Å². The van der Waals surface area contributed by atoms with Gasteiger partial charge >= 0.3 is 0 Å². The van der Waals surface area contributed by atoms with Gasteiger partial charge < -0.3 is 4.74 Å². The van der Waals surface area contributed by atoms with Gasteiger partial charge in [-0.3, -0.25) is 0 Å². The summed E-state index contributed by atoms with van der Waals surface area (Å²) in [6.07, 6.45) is 1.43. The van der Waals surface area contributed by atoms with Gasteiger partial charge in [-0.15, -0.1) is 0 Å². The number of halogens is 2. The molecule has 0 atom stereocenters. The van der Waals surface area contributed by atoms with Gasteiger partial charge in [-0.05, 0) is 76.4 Å². The molecule has 1 N–H and O–H groups in total. The van der Waals surface area contributed by atoms with Crippen molar-refractivity contribution >= 4 is 43.8 Å². The highest BCUT2D eigenvalue weighted by Crippen LogP contribution is 2.26. The number of hydrogen-bond acceptors (Lipinski definition) is 4. The van der Waals surface area contributed by atoms with E-state index in [1.807, 2.05) is 31.2 Å². The third-order valence-electron chi connectivity index (χ3n) is 3.98. The van der Waals surface area contributed by atoms with E-state index >= 15 is 0 Å². The predicted molar refractivity (Wildman–Crippen MR) is 119 cm³/mol. The summed E-state index contributed by atoms with van der Waals surface area (Å²) >= 11 is 9.34. The van der Waals surface area contributed by atoms with Crippen LogP contribution in [0.4, 0.5) is 0 Å². The Kier molecular flexibility index (Phi) is 6.95. The molecule has 8 heteroatoms. The van der Waals surface area contributed by atoms with E-state index < -0.39 is 10.0 Å². The van der Waals surface area contributed by atoms with Gasteiger partial charge in [0.2, 0.25) is 0 Å². The molecule has 0 aliphatic heterocycles. The van der Waals surface area contributed by atoms with Gasteiger partial charge in [0.05, 0.1) is 15.6 Å². The quantitative estimate of drug-likeness (QED) is 0.359. The molecule has 0 aliphatic carbocycles. The lowest BCUT2D eigenvalue weighted by Crippen LogP contribution is -2.18. The Bertz CT molecular complexity index is 1120. The van der Waals surface area contributed by atoms with Crippen LogP contribution in [-0.4, -0.2) is 14.6 Å². The van der Waals surface area contributed by atoms with Crippen LogP contribution in [0.3, 0.4) is 0 Å². The number of hydrazone groups is 1. The summed E-state index contributed by atoms with van der Waals surface area (Å²) in [5, 5.41) is 4.52. The van der Waals surface area contributed by atoms with E-state index in [9.17, 15) is 8.42 Å². The first-order valence-electron chi connectivity index (χ1n) is 8.62. The van der Waals surface area contributed by atoms with Crippen molar-refractivity contribution in [1.29, 1.82) is 0 Å². The van der Waals surface area contributed by atoms with Crippen molar-refractivity contribution in [3.05, 3.63) is 92.9 Å².